The van der Waals surface area contributed by atoms with Gasteiger partial charge in [-0.05, 0) is 61.2 Å². The Hall–Kier alpha value is -3.09. The Balaban J connectivity index is 0.00000324. The third-order valence-corrected chi connectivity index (χ3v) is 6.40. The van der Waals surface area contributed by atoms with Gasteiger partial charge in [-0.25, -0.2) is 9.18 Å². The van der Waals surface area contributed by atoms with Crippen LogP contribution in [0.5, 0.6) is 11.5 Å². The topological polar surface area (TPSA) is 67.8 Å². The van der Waals surface area contributed by atoms with Crippen molar-refractivity contribution >= 4 is 18.4 Å². The molecule has 0 saturated heterocycles. The molecule has 3 aromatic rings. The first-order valence-corrected chi connectivity index (χ1v) is 11.0. The van der Waals surface area contributed by atoms with E-state index in [9.17, 15) is 14.3 Å². The summed E-state index contributed by atoms with van der Waals surface area (Å²) in [5.41, 5.74) is 4.10. The van der Waals surface area contributed by atoms with Crippen LogP contribution in [0.1, 0.15) is 57.9 Å². The van der Waals surface area contributed by atoms with Crippen LogP contribution < -0.4 is 14.8 Å². The van der Waals surface area contributed by atoms with Gasteiger partial charge < -0.3 is 19.9 Å². The zero-order valence-electron chi connectivity index (χ0n) is 19.4. The van der Waals surface area contributed by atoms with Gasteiger partial charge in [0.1, 0.15) is 11.9 Å². The number of nitrogens with one attached hydrogen (secondary N) is 1. The molecule has 0 bridgehead atoms. The predicted octanol–water partition coefficient (Wildman–Crippen LogP) is 5.90. The first kappa shape index (κ1) is 25.5. The summed E-state index contributed by atoms with van der Waals surface area (Å²) in [6, 6.07) is 18.2. The lowest BCUT2D eigenvalue weighted by molar-refractivity contribution is 0.0696. The number of hydrogen-bond donors (Lipinski definition) is 2. The molecule has 0 aliphatic carbocycles. The molecule has 4 rings (SSSR count). The highest BCUT2D eigenvalue weighted by Gasteiger charge is 2.31. The zero-order chi connectivity index (χ0) is 23.5. The molecule has 3 atom stereocenters. The normalized spacial score (nSPS) is 17.6. The summed E-state index contributed by atoms with van der Waals surface area (Å²) >= 11 is 0. The van der Waals surface area contributed by atoms with Gasteiger partial charge in [-0.2, -0.15) is 0 Å². The van der Waals surface area contributed by atoms with Crippen LogP contribution in [0, 0.1) is 12.7 Å². The van der Waals surface area contributed by atoms with E-state index in [2.05, 4.69) is 5.32 Å². The van der Waals surface area contributed by atoms with Crippen LogP contribution in [-0.2, 0) is 0 Å². The van der Waals surface area contributed by atoms with Gasteiger partial charge in [0.25, 0.3) is 0 Å². The van der Waals surface area contributed by atoms with E-state index in [-0.39, 0.29) is 42.0 Å². The molecule has 180 valence electrons. The van der Waals surface area contributed by atoms with Gasteiger partial charge in [0.05, 0.1) is 12.7 Å². The van der Waals surface area contributed by atoms with Crippen LogP contribution in [0.4, 0.5) is 4.39 Å². The Morgan fingerprint density at radius 2 is 1.91 bits per heavy atom. The molecule has 1 aliphatic heterocycles. The van der Waals surface area contributed by atoms with Gasteiger partial charge in [0.2, 0.25) is 0 Å². The number of benzene rings is 3. The molecule has 34 heavy (non-hydrogen) atoms. The molecule has 0 saturated carbocycles. The molecule has 0 fully saturated rings. The molecule has 0 amide bonds. The van der Waals surface area contributed by atoms with Crippen molar-refractivity contribution in [3.8, 4) is 11.5 Å². The molecular weight excluding hydrogens is 457 g/mol. The van der Waals surface area contributed by atoms with Gasteiger partial charge >= 0.3 is 5.97 Å². The summed E-state index contributed by atoms with van der Waals surface area (Å²) in [7, 11) is 1.45. The van der Waals surface area contributed by atoms with Crippen LogP contribution in [0.25, 0.3) is 0 Å². The number of carboxylic acid groups (broad SMARTS) is 1. The Morgan fingerprint density at radius 3 is 2.65 bits per heavy atom. The average molecular weight is 486 g/mol. The third-order valence-electron chi connectivity index (χ3n) is 6.40. The second kappa shape index (κ2) is 10.9. The maximum Gasteiger partial charge on any atom is 0.335 e. The highest BCUT2D eigenvalue weighted by molar-refractivity contribution is 5.89. The lowest BCUT2D eigenvalue weighted by Crippen LogP contribution is -2.37. The van der Waals surface area contributed by atoms with Crippen LogP contribution >= 0.6 is 12.4 Å². The molecule has 0 radical (unpaired) electrons. The van der Waals surface area contributed by atoms with Crippen molar-refractivity contribution in [2.75, 3.05) is 13.7 Å². The number of fused-ring (bicyclic) bond motifs is 1. The van der Waals surface area contributed by atoms with Crippen LogP contribution in [0.15, 0.2) is 60.7 Å². The lowest BCUT2D eigenvalue weighted by Gasteiger charge is -2.34. The highest BCUT2D eigenvalue weighted by Crippen LogP contribution is 2.41. The number of para-hydroxylation sites is 1. The van der Waals surface area contributed by atoms with E-state index < -0.39 is 5.97 Å². The van der Waals surface area contributed by atoms with E-state index >= 15 is 0 Å². The fourth-order valence-corrected chi connectivity index (χ4v) is 4.55. The van der Waals surface area contributed by atoms with Crippen molar-refractivity contribution < 1.29 is 23.8 Å². The number of aromatic carboxylic acids is 1. The molecule has 5 nitrogen and oxygen atoms in total. The second-order valence-electron chi connectivity index (χ2n) is 8.41. The molecule has 7 heteroatoms. The number of halogens is 2. The van der Waals surface area contributed by atoms with Gasteiger partial charge in [-0.3, -0.25) is 0 Å². The molecule has 0 aromatic heterocycles. The minimum absolute atomic E-state index is 0. The first-order valence-electron chi connectivity index (χ1n) is 11.0. The number of ether oxygens (including phenoxy) is 2. The molecule has 3 aromatic carbocycles. The number of rotatable bonds is 7. The molecule has 1 aliphatic rings. The average Bonchev–Trinajstić information content (AvgIpc) is 2.82. The van der Waals surface area contributed by atoms with E-state index in [1.807, 2.05) is 44.2 Å². The molecule has 2 N–H and O–H groups in total. The fourth-order valence-electron chi connectivity index (χ4n) is 4.55. The predicted molar refractivity (Wildman–Crippen MR) is 132 cm³/mol. The molecular formula is C27H29ClFNO4. The van der Waals surface area contributed by atoms with Gasteiger partial charge in [0, 0.05) is 24.1 Å². The number of hydrogen-bond acceptors (Lipinski definition) is 4. The van der Waals surface area contributed by atoms with Crippen LogP contribution in [0.2, 0.25) is 0 Å². The fraction of sp³-hybridized carbons (Fsp3) is 0.296. The van der Waals surface area contributed by atoms with Gasteiger partial charge in [-0.1, -0.05) is 36.4 Å². The summed E-state index contributed by atoms with van der Waals surface area (Å²) < 4.78 is 25.2. The largest absolute Gasteiger partial charge is 0.494 e. The number of methoxy groups -OCH3 is 1. The lowest BCUT2D eigenvalue weighted by atomic mass is 9.81. The van der Waals surface area contributed by atoms with E-state index in [1.54, 1.807) is 24.3 Å². The summed E-state index contributed by atoms with van der Waals surface area (Å²) in [6.45, 7) is 4.47. The van der Waals surface area contributed by atoms with Crippen LogP contribution in [-0.4, -0.2) is 30.8 Å². The van der Waals surface area contributed by atoms with Crippen molar-refractivity contribution in [3.05, 3.63) is 94.3 Å². The van der Waals surface area contributed by atoms with Crippen molar-refractivity contribution in [1.82, 2.24) is 5.32 Å². The van der Waals surface area contributed by atoms with Crippen LogP contribution in [0.3, 0.4) is 0 Å². The molecule has 0 spiro atoms. The van der Waals surface area contributed by atoms with E-state index in [1.165, 1.54) is 13.2 Å². The van der Waals surface area contributed by atoms with Gasteiger partial charge in [0.15, 0.2) is 11.6 Å². The summed E-state index contributed by atoms with van der Waals surface area (Å²) in [6.07, 6.45) is 0.607. The summed E-state index contributed by atoms with van der Waals surface area (Å²) in [5, 5.41) is 13.1. The van der Waals surface area contributed by atoms with E-state index in [4.69, 9.17) is 9.47 Å². The van der Waals surface area contributed by atoms with Crippen molar-refractivity contribution in [2.45, 2.75) is 38.3 Å². The number of carboxylic acids is 1. The van der Waals surface area contributed by atoms with E-state index in [0.29, 0.717) is 18.5 Å². The Morgan fingerprint density at radius 1 is 1.18 bits per heavy atom. The summed E-state index contributed by atoms with van der Waals surface area (Å²) in [5.74, 6) is -0.240. The third kappa shape index (κ3) is 5.18. The maximum absolute atomic E-state index is 13.8. The Bertz CT molecular complexity index is 1170. The van der Waals surface area contributed by atoms with E-state index in [0.717, 1.165) is 28.0 Å². The van der Waals surface area contributed by atoms with Crippen molar-refractivity contribution in [3.63, 3.8) is 0 Å². The monoisotopic (exact) mass is 485 g/mol. The Kier molecular flexibility index (Phi) is 8.18. The SMILES string of the molecule is COc1cc(C(C)NC[C@H]2C[C@@H](c3cccc(C(=O)O)c3C)c3ccccc3O2)ccc1F.Cl. The zero-order valence-corrected chi connectivity index (χ0v) is 20.2. The first-order chi connectivity index (χ1) is 15.9. The molecule has 1 heterocycles. The standard InChI is InChI=1S/C27H28FNO4.ClH/c1-16-20(8-6-9-21(16)27(30)31)23-14-19(33-25-10-5-4-7-22(23)25)15-29-17(2)18-11-12-24(28)26(13-18)32-3;/h4-13,17,19,23,29H,14-15H2,1-3H3,(H,30,31);1H/t17?,19-,23+;/m1./s1. The van der Waals surface area contributed by atoms with Gasteiger partial charge in [-0.15, -0.1) is 12.4 Å². The quantitative estimate of drug-likeness (QED) is 0.436. The van der Waals surface area contributed by atoms with Crippen molar-refractivity contribution in [1.29, 1.82) is 0 Å². The number of carbonyl (C=O) groups is 1. The molecule has 1 unspecified atom stereocenters. The second-order valence-corrected chi connectivity index (χ2v) is 8.41. The highest BCUT2D eigenvalue weighted by atomic mass is 35.5. The Labute approximate surface area is 205 Å². The van der Waals surface area contributed by atoms with Crippen molar-refractivity contribution in [2.24, 2.45) is 0 Å². The smallest absolute Gasteiger partial charge is 0.335 e. The minimum atomic E-state index is -0.920. The summed E-state index contributed by atoms with van der Waals surface area (Å²) in [4.78, 5) is 11.7. The maximum atomic E-state index is 13.8. The minimum Gasteiger partial charge on any atom is -0.494 e.